The number of carbonyl (C=O) groups excluding carboxylic acids is 3. The highest BCUT2D eigenvalue weighted by atomic mass is 19.1. The molecule has 4 rings (SSSR count). The van der Waals surface area contributed by atoms with Crippen LogP contribution in [-0.4, -0.2) is 29.5 Å². The minimum atomic E-state index is -0.819. The van der Waals surface area contributed by atoms with Crippen molar-refractivity contribution in [3.63, 3.8) is 0 Å². The summed E-state index contributed by atoms with van der Waals surface area (Å²) in [6, 6.07) is 10.9. The number of carbonyl (C=O) groups is 3. The number of hydrogen-bond donors (Lipinski definition) is 1. The zero-order valence-electron chi connectivity index (χ0n) is 18.6. The first kappa shape index (κ1) is 22.5. The van der Waals surface area contributed by atoms with Crippen molar-refractivity contribution < 1.29 is 28.6 Å². The topological polar surface area (TPSA) is 83.9 Å². The van der Waals surface area contributed by atoms with Crippen molar-refractivity contribution in [2.45, 2.75) is 33.6 Å². The van der Waals surface area contributed by atoms with Gasteiger partial charge in [0.1, 0.15) is 11.6 Å². The van der Waals surface area contributed by atoms with E-state index in [9.17, 15) is 19.5 Å². The predicted octanol–water partition coefficient (Wildman–Crippen LogP) is 4.79. The Bertz CT molecular complexity index is 1300. The summed E-state index contributed by atoms with van der Waals surface area (Å²) in [5, 5.41) is 12.1. The molecule has 0 aromatic heterocycles. The molecule has 0 bridgehead atoms. The normalized spacial score (nSPS) is 13.2. The number of anilines is 1. The number of phenolic OH excluding ortho intramolecular Hbond substituents is 1. The summed E-state index contributed by atoms with van der Waals surface area (Å²) < 4.78 is 19.9. The SMILES string of the molecule is CCOC(=O)Cc1ccc(N2C(=O)c3c(c(CC(C)C)c4ccccc4c3O)C2=O)c(F)c1. The second-order valence-electron chi connectivity index (χ2n) is 8.43. The van der Waals surface area contributed by atoms with Crippen LogP contribution in [0.15, 0.2) is 42.5 Å². The van der Waals surface area contributed by atoms with Gasteiger partial charge in [-0.3, -0.25) is 14.4 Å². The van der Waals surface area contributed by atoms with Crippen molar-refractivity contribution in [2.75, 3.05) is 11.5 Å². The molecule has 3 aromatic rings. The fourth-order valence-electron chi connectivity index (χ4n) is 4.31. The number of imide groups is 1. The van der Waals surface area contributed by atoms with Gasteiger partial charge in [0.25, 0.3) is 11.8 Å². The van der Waals surface area contributed by atoms with Crippen molar-refractivity contribution in [2.24, 2.45) is 5.92 Å². The summed E-state index contributed by atoms with van der Waals surface area (Å²) in [6.45, 7) is 5.88. The van der Waals surface area contributed by atoms with E-state index in [2.05, 4.69) is 0 Å². The first-order chi connectivity index (χ1) is 15.7. The molecule has 33 heavy (non-hydrogen) atoms. The smallest absolute Gasteiger partial charge is 0.310 e. The van der Waals surface area contributed by atoms with Crippen LogP contribution in [0.5, 0.6) is 5.75 Å². The standard InChI is InChI=1S/C26H24FNO5/c1-4-33-21(29)13-15-9-10-20(19(27)12-15)28-25(31)22-18(11-14(2)3)16-7-5-6-8-17(16)24(30)23(22)26(28)32/h5-10,12,14,30H,4,11,13H2,1-3H3. The Morgan fingerprint density at radius 2 is 1.73 bits per heavy atom. The zero-order chi connectivity index (χ0) is 23.9. The van der Waals surface area contributed by atoms with Gasteiger partial charge in [-0.25, -0.2) is 9.29 Å². The maximum atomic E-state index is 15.0. The van der Waals surface area contributed by atoms with E-state index in [1.807, 2.05) is 13.8 Å². The number of benzene rings is 3. The van der Waals surface area contributed by atoms with Gasteiger partial charge in [0.15, 0.2) is 0 Å². The van der Waals surface area contributed by atoms with Crippen LogP contribution in [0.4, 0.5) is 10.1 Å². The van der Waals surface area contributed by atoms with Crippen LogP contribution in [0, 0.1) is 11.7 Å². The van der Waals surface area contributed by atoms with Crippen LogP contribution < -0.4 is 4.90 Å². The molecule has 0 saturated heterocycles. The summed E-state index contributed by atoms with van der Waals surface area (Å²) in [5.41, 5.74) is 0.797. The minimum Gasteiger partial charge on any atom is -0.506 e. The summed E-state index contributed by atoms with van der Waals surface area (Å²) in [7, 11) is 0. The average molecular weight is 449 g/mol. The molecule has 0 fully saturated rings. The Morgan fingerprint density at radius 1 is 1.06 bits per heavy atom. The highest BCUT2D eigenvalue weighted by Gasteiger charge is 2.43. The van der Waals surface area contributed by atoms with Crippen molar-refractivity contribution in [3.8, 4) is 5.75 Å². The maximum Gasteiger partial charge on any atom is 0.310 e. The van der Waals surface area contributed by atoms with E-state index in [0.29, 0.717) is 28.3 Å². The van der Waals surface area contributed by atoms with E-state index < -0.39 is 23.6 Å². The molecule has 0 atom stereocenters. The summed E-state index contributed by atoms with van der Waals surface area (Å²) in [6.07, 6.45) is 0.384. The molecule has 7 heteroatoms. The summed E-state index contributed by atoms with van der Waals surface area (Å²) >= 11 is 0. The van der Waals surface area contributed by atoms with Gasteiger partial charge in [-0.05, 0) is 47.9 Å². The fourth-order valence-corrected chi connectivity index (χ4v) is 4.31. The molecule has 0 saturated carbocycles. The van der Waals surface area contributed by atoms with Crippen LogP contribution in [0.25, 0.3) is 10.8 Å². The van der Waals surface area contributed by atoms with E-state index in [1.54, 1.807) is 31.2 Å². The predicted molar refractivity (Wildman–Crippen MR) is 122 cm³/mol. The minimum absolute atomic E-state index is 0.107. The van der Waals surface area contributed by atoms with E-state index in [1.165, 1.54) is 12.1 Å². The van der Waals surface area contributed by atoms with Crippen LogP contribution in [0.2, 0.25) is 0 Å². The molecule has 0 unspecified atom stereocenters. The Kier molecular flexibility index (Phi) is 5.89. The number of nitrogens with zero attached hydrogens (tertiary/aromatic N) is 1. The molecular formula is C26H24FNO5. The number of rotatable bonds is 6. The molecular weight excluding hydrogens is 425 g/mol. The number of aromatic hydroxyl groups is 1. The first-order valence-corrected chi connectivity index (χ1v) is 10.8. The van der Waals surface area contributed by atoms with E-state index in [0.717, 1.165) is 11.0 Å². The summed E-state index contributed by atoms with van der Waals surface area (Å²) in [5.74, 6) is -2.88. The highest BCUT2D eigenvalue weighted by molar-refractivity contribution is 6.37. The van der Waals surface area contributed by atoms with Crippen LogP contribution in [0.1, 0.15) is 52.6 Å². The third-order valence-electron chi connectivity index (χ3n) is 5.65. The number of amides is 2. The lowest BCUT2D eigenvalue weighted by Crippen LogP contribution is -2.30. The van der Waals surface area contributed by atoms with Gasteiger partial charge in [-0.2, -0.15) is 0 Å². The molecule has 2 amide bonds. The van der Waals surface area contributed by atoms with Crippen LogP contribution in [-0.2, 0) is 22.4 Å². The number of fused-ring (bicyclic) bond motifs is 2. The molecule has 1 heterocycles. The molecule has 1 aliphatic rings. The fraction of sp³-hybridized carbons (Fsp3) is 0.269. The van der Waals surface area contributed by atoms with Gasteiger partial charge in [-0.1, -0.05) is 44.2 Å². The average Bonchev–Trinajstić information content (AvgIpc) is 3.02. The third kappa shape index (κ3) is 3.84. The lowest BCUT2D eigenvalue weighted by Gasteiger charge is -2.16. The van der Waals surface area contributed by atoms with E-state index >= 15 is 4.39 Å². The maximum absolute atomic E-state index is 15.0. The highest BCUT2D eigenvalue weighted by Crippen LogP contribution is 2.42. The second kappa shape index (κ2) is 8.65. The van der Waals surface area contributed by atoms with Crippen molar-refractivity contribution >= 4 is 34.2 Å². The Labute approximate surface area is 190 Å². The third-order valence-corrected chi connectivity index (χ3v) is 5.65. The lowest BCUT2D eigenvalue weighted by molar-refractivity contribution is -0.142. The van der Waals surface area contributed by atoms with Gasteiger partial charge in [0.2, 0.25) is 0 Å². The van der Waals surface area contributed by atoms with Gasteiger partial charge >= 0.3 is 5.97 Å². The van der Waals surface area contributed by atoms with Crippen LogP contribution in [0.3, 0.4) is 0 Å². The molecule has 1 N–H and O–H groups in total. The van der Waals surface area contributed by atoms with Crippen molar-refractivity contribution in [1.29, 1.82) is 0 Å². The van der Waals surface area contributed by atoms with Crippen molar-refractivity contribution in [1.82, 2.24) is 0 Å². The molecule has 0 radical (unpaired) electrons. The quantitative estimate of drug-likeness (QED) is 0.432. The molecule has 6 nitrogen and oxygen atoms in total. The number of hydrogen-bond acceptors (Lipinski definition) is 5. The largest absolute Gasteiger partial charge is 0.506 e. The molecule has 0 aliphatic carbocycles. The van der Waals surface area contributed by atoms with Crippen LogP contribution >= 0.6 is 0 Å². The monoisotopic (exact) mass is 449 g/mol. The first-order valence-electron chi connectivity index (χ1n) is 10.8. The summed E-state index contributed by atoms with van der Waals surface area (Å²) in [4.78, 5) is 39.2. The molecule has 0 spiro atoms. The molecule has 1 aliphatic heterocycles. The number of esters is 1. The lowest BCUT2D eigenvalue weighted by atomic mass is 9.89. The zero-order valence-corrected chi connectivity index (χ0v) is 18.6. The van der Waals surface area contributed by atoms with Gasteiger partial charge < -0.3 is 9.84 Å². The van der Waals surface area contributed by atoms with Gasteiger partial charge in [-0.15, -0.1) is 0 Å². The van der Waals surface area contributed by atoms with E-state index in [4.69, 9.17) is 4.74 Å². The Balaban J connectivity index is 1.82. The van der Waals surface area contributed by atoms with Gasteiger partial charge in [0.05, 0.1) is 29.8 Å². The number of ether oxygens (including phenoxy) is 1. The molecule has 170 valence electrons. The Hall–Kier alpha value is -3.74. The number of phenols is 1. The van der Waals surface area contributed by atoms with Gasteiger partial charge in [0, 0.05) is 5.39 Å². The Morgan fingerprint density at radius 3 is 2.36 bits per heavy atom. The van der Waals surface area contributed by atoms with E-state index in [-0.39, 0.29) is 41.5 Å². The number of halogens is 1. The van der Waals surface area contributed by atoms with Crippen molar-refractivity contribution in [3.05, 3.63) is 70.5 Å². The molecule has 3 aromatic carbocycles. The second-order valence-corrected chi connectivity index (χ2v) is 8.43.